The summed E-state index contributed by atoms with van der Waals surface area (Å²) in [6.45, 7) is 3.23. The SMILES string of the molecule is COc1cccc([C@@H](Oc2ccc3c(cnn3-c3ccc(F)cc3)c2)[C@H](C)NC(=O)[C@@H](C)O)c1. The van der Waals surface area contributed by atoms with Gasteiger partial charge < -0.3 is 19.9 Å². The van der Waals surface area contributed by atoms with Crippen molar-refractivity contribution < 1.29 is 23.8 Å². The van der Waals surface area contributed by atoms with Gasteiger partial charge in [-0.1, -0.05) is 12.1 Å². The predicted octanol–water partition coefficient (Wildman–Crippen LogP) is 4.18. The van der Waals surface area contributed by atoms with Crippen LogP contribution in [0.25, 0.3) is 16.6 Å². The number of ether oxygens (including phenoxy) is 2. The van der Waals surface area contributed by atoms with Gasteiger partial charge in [0.05, 0.1) is 30.6 Å². The number of aromatic nitrogens is 2. The van der Waals surface area contributed by atoms with E-state index in [0.717, 1.165) is 22.2 Å². The number of nitrogens with zero attached hydrogens (tertiary/aromatic N) is 2. The molecule has 0 unspecified atom stereocenters. The van der Waals surface area contributed by atoms with Gasteiger partial charge in [0, 0.05) is 5.39 Å². The first kappa shape index (κ1) is 23.3. The minimum atomic E-state index is -1.14. The Bertz CT molecular complexity index is 1290. The molecule has 1 heterocycles. The molecule has 3 atom stereocenters. The Balaban J connectivity index is 1.65. The molecule has 1 amide bonds. The second-order valence-electron chi connectivity index (χ2n) is 8.04. The number of rotatable bonds is 8. The second kappa shape index (κ2) is 9.93. The van der Waals surface area contributed by atoms with E-state index in [1.54, 1.807) is 30.1 Å². The fourth-order valence-corrected chi connectivity index (χ4v) is 3.72. The Labute approximate surface area is 196 Å². The van der Waals surface area contributed by atoms with Crippen LogP contribution in [0.4, 0.5) is 4.39 Å². The van der Waals surface area contributed by atoms with Crippen LogP contribution in [0.3, 0.4) is 0 Å². The van der Waals surface area contributed by atoms with Crippen molar-refractivity contribution in [2.45, 2.75) is 32.1 Å². The number of fused-ring (bicyclic) bond motifs is 1. The van der Waals surface area contributed by atoms with E-state index >= 15 is 0 Å². The molecule has 0 saturated carbocycles. The summed E-state index contributed by atoms with van der Waals surface area (Å²) in [5, 5.41) is 17.7. The van der Waals surface area contributed by atoms with Gasteiger partial charge in [-0.25, -0.2) is 9.07 Å². The number of nitrogens with one attached hydrogen (secondary N) is 1. The fourth-order valence-electron chi connectivity index (χ4n) is 3.72. The summed E-state index contributed by atoms with van der Waals surface area (Å²) in [6.07, 6.45) is 0.0227. The molecule has 0 fully saturated rings. The molecule has 7 nitrogen and oxygen atoms in total. The number of methoxy groups -OCH3 is 1. The van der Waals surface area contributed by atoms with E-state index in [9.17, 15) is 14.3 Å². The van der Waals surface area contributed by atoms with Crippen molar-refractivity contribution in [2.75, 3.05) is 7.11 Å². The van der Waals surface area contributed by atoms with Gasteiger partial charge in [0.15, 0.2) is 0 Å². The monoisotopic (exact) mass is 463 g/mol. The standard InChI is InChI=1S/C26H26FN3O4/c1-16(29-26(32)17(2)31)25(18-5-4-6-22(13-18)33-3)34-23-11-12-24-19(14-23)15-28-30(24)21-9-7-20(27)8-10-21/h4-17,25,31H,1-3H3,(H,29,32)/t16-,17+,25-/m0/s1. The zero-order valence-corrected chi connectivity index (χ0v) is 19.1. The van der Waals surface area contributed by atoms with Crippen molar-refractivity contribution in [3.8, 4) is 17.2 Å². The number of amides is 1. The summed E-state index contributed by atoms with van der Waals surface area (Å²) in [4.78, 5) is 12.1. The Morgan fingerprint density at radius 1 is 1.06 bits per heavy atom. The predicted molar refractivity (Wildman–Crippen MR) is 127 cm³/mol. The van der Waals surface area contributed by atoms with E-state index in [0.29, 0.717) is 11.5 Å². The van der Waals surface area contributed by atoms with E-state index in [-0.39, 0.29) is 5.82 Å². The maximum Gasteiger partial charge on any atom is 0.248 e. The van der Waals surface area contributed by atoms with E-state index in [4.69, 9.17) is 9.47 Å². The Morgan fingerprint density at radius 3 is 2.53 bits per heavy atom. The molecular formula is C26H26FN3O4. The van der Waals surface area contributed by atoms with Crippen LogP contribution in [-0.2, 0) is 4.79 Å². The Kier molecular flexibility index (Phi) is 6.79. The first-order valence-electron chi connectivity index (χ1n) is 10.9. The quantitative estimate of drug-likeness (QED) is 0.410. The summed E-state index contributed by atoms with van der Waals surface area (Å²) < 4.78 is 26.7. The molecule has 4 rings (SSSR count). The lowest BCUT2D eigenvalue weighted by atomic mass is 10.0. The van der Waals surface area contributed by atoms with Gasteiger partial charge in [-0.2, -0.15) is 5.10 Å². The van der Waals surface area contributed by atoms with Crippen LogP contribution in [0.5, 0.6) is 11.5 Å². The van der Waals surface area contributed by atoms with Crippen LogP contribution in [0, 0.1) is 5.82 Å². The normalized spacial score (nSPS) is 13.8. The average molecular weight is 464 g/mol. The van der Waals surface area contributed by atoms with E-state index in [1.807, 2.05) is 49.4 Å². The van der Waals surface area contributed by atoms with Crippen molar-refractivity contribution in [2.24, 2.45) is 0 Å². The number of aliphatic hydroxyl groups excluding tert-OH is 1. The van der Waals surface area contributed by atoms with Crippen molar-refractivity contribution >= 4 is 16.8 Å². The third kappa shape index (κ3) is 5.02. The molecule has 176 valence electrons. The summed E-state index contributed by atoms with van der Waals surface area (Å²) in [5.41, 5.74) is 2.39. The zero-order chi connectivity index (χ0) is 24.2. The van der Waals surface area contributed by atoms with E-state index in [1.165, 1.54) is 19.1 Å². The molecule has 8 heteroatoms. The van der Waals surface area contributed by atoms with Gasteiger partial charge in [0.2, 0.25) is 5.91 Å². The number of hydrogen-bond acceptors (Lipinski definition) is 5. The molecule has 0 aliphatic heterocycles. The van der Waals surface area contributed by atoms with Crippen molar-refractivity contribution in [1.82, 2.24) is 15.1 Å². The van der Waals surface area contributed by atoms with Gasteiger partial charge in [-0.3, -0.25) is 4.79 Å². The summed E-state index contributed by atoms with van der Waals surface area (Å²) in [6, 6.07) is 18.6. The minimum absolute atomic E-state index is 0.309. The number of carbonyl (C=O) groups excluding carboxylic acids is 1. The van der Waals surface area contributed by atoms with Gasteiger partial charge in [-0.15, -0.1) is 0 Å². The summed E-state index contributed by atoms with van der Waals surface area (Å²) >= 11 is 0. The van der Waals surface area contributed by atoms with Crippen LogP contribution in [0.1, 0.15) is 25.5 Å². The molecule has 0 radical (unpaired) electrons. The number of hydrogen-bond donors (Lipinski definition) is 2. The third-order valence-electron chi connectivity index (χ3n) is 5.50. The molecule has 0 aliphatic rings. The molecule has 3 aromatic carbocycles. The highest BCUT2D eigenvalue weighted by molar-refractivity contribution is 5.82. The number of carbonyl (C=O) groups is 1. The highest BCUT2D eigenvalue weighted by Crippen LogP contribution is 2.30. The minimum Gasteiger partial charge on any atom is -0.497 e. The maximum atomic E-state index is 13.3. The van der Waals surface area contributed by atoms with Crippen molar-refractivity contribution in [3.63, 3.8) is 0 Å². The third-order valence-corrected chi connectivity index (χ3v) is 5.50. The van der Waals surface area contributed by atoms with Gasteiger partial charge >= 0.3 is 0 Å². The van der Waals surface area contributed by atoms with Crippen LogP contribution >= 0.6 is 0 Å². The lowest BCUT2D eigenvalue weighted by Gasteiger charge is -2.27. The van der Waals surface area contributed by atoms with Crippen LogP contribution in [-0.4, -0.2) is 40.0 Å². The highest BCUT2D eigenvalue weighted by Gasteiger charge is 2.25. The molecule has 0 spiro atoms. The maximum absolute atomic E-state index is 13.3. The first-order chi connectivity index (χ1) is 16.4. The Morgan fingerprint density at radius 2 is 1.82 bits per heavy atom. The molecule has 1 aromatic heterocycles. The smallest absolute Gasteiger partial charge is 0.248 e. The number of benzene rings is 3. The molecule has 34 heavy (non-hydrogen) atoms. The van der Waals surface area contributed by atoms with Crippen molar-refractivity contribution in [1.29, 1.82) is 0 Å². The van der Waals surface area contributed by atoms with Crippen molar-refractivity contribution in [3.05, 3.63) is 84.3 Å². The van der Waals surface area contributed by atoms with Gasteiger partial charge in [0.25, 0.3) is 0 Å². The fraction of sp³-hybridized carbons (Fsp3) is 0.231. The zero-order valence-electron chi connectivity index (χ0n) is 19.1. The van der Waals surface area contributed by atoms with E-state index < -0.39 is 24.2 Å². The topological polar surface area (TPSA) is 85.6 Å². The summed E-state index contributed by atoms with van der Waals surface area (Å²) in [5.74, 6) is 0.449. The van der Waals surface area contributed by atoms with Crippen LogP contribution in [0.15, 0.2) is 72.9 Å². The average Bonchev–Trinajstić information content (AvgIpc) is 3.26. The second-order valence-corrected chi connectivity index (χ2v) is 8.04. The van der Waals surface area contributed by atoms with Crippen LogP contribution in [0.2, 0.25) is 0 Å². The highest BCUT2D eigenvalue weighted by atomic mass is 19.1. The molecular weight excluding hydrogens is 437 g/mol. The van der Waals surface area contributed by atoms with E-state index in [2.05, 4.69) is 10.4 Å². The lowest BCUT2D eigenvalue weighted by molar-refractivity contribution is -0.129. The van der Waals surface area contributed by atoms with Gasteiger partial charge in [-0.05, 0) is 74.0 Å². The Hall–Kier alpha value is -3.91. The molecule has 0 aliphatic carbocycles. The van der Waals surface area contributed by atoms with Gasteiger partial charge in [0.1, 0.15) is 29.5 Å². The largest absolute Gasteiger partial charge is 0.497 e. The first-order valence-corrected chi connectivity index (χ1v) is 10.9. The molecule has 2 N–H and O–H groups in total. The molecule has 4 aromatic rings. The number of halogens is 1. The molecule has 0 bridgehead atoms. The molecule has 0 saturated heterocycles. The lowest BCUT2D eigenvalue weighted by Crippen LogP contribution is -2.43. The van der Waals surface area contributed by atoms with Crippen LogP contribution < -0.4 is 14.8 Å². The summed E-state index contributed by atoms with van der Waals surface area (Å²) in [7, 11) is 1.58. The number of aliphatic hydroxyl groups is 1.